The van der Waals surface area contributed by atoms with E-state index in [0.29, 0.717) is 28.2 Å². The summed E-state index contributed by atoms with van der Waals surface area (Å²) in [5, 5.41) is 8.33. The molecule has 0 saturated carbocycles. The number of hydrogen-bond donors (Lipinski definition) is 1. The predicted octanol–water partition coefficient (Wildman–Crippen LogP) is 2.91. The van der Waals surface area contributed by atoms with Gasteiger partial charge in [-0.3, -0.25) is 0 Å². The average Bonchev–Trinajstić information content (AvgIpc) is 2.66. The van der Waals surface area contributed by atoms with Crippen molar-refractivity contribution < 1.29 is 4.42 Å². The van der Waals surface area contributed by atoms with Gasteiger partial charge in [0.05, 0.1) is 10.8 Å². The smallest absolute Gasteiger partial charge is 0.226 e. The Hall–Kier alpha value is -1.20. The number of thioether (sulfide) groups is 1. The average molecular weight is 256 g/mol. The largest absolute Gasteiger partial charge is 0.425 e. The number of hydrogen-bond acceptors (Lipinski definition) is 5. The van der Waals surface area contributed by atoms with Crippen LogP contribution in [0.1, 0.15) is 11.8 Å². The van der Waals surface area contributed by atoms with Crippen LogP contribution < -0.4 is 5.73 Å². The van der Waals surface area contributed by atoms with Crippen molar-refractivity contribution in [2.75, 3.05) is 5.73 Å². The van der Waals surface area contributed by atoms with Gasteiger partial charge in [0.2, 0.25) is 11.8 Å². The van der Waals surface area contributed by atoms with Gasteiger partial charge in [0.15, 0.2) is 0 Å². The summed E-state index contributed by atoms with van der Waals surface area (Å²) < 4.78 is 5.26. The summed E-state index contributed by atoms with van der Waals surface area (Å²) >= 11 is 7.54. The van der Waals surface area contributed by atoms with Crippen molar-refractivity contribution in [2.45, 2.75) is 17.6 Å². The highest BCUT2D eigenvalue weighted by Gasteiger charge is 2.06. The second-order valence-electron chi connectivity index (χ2n) is 3.19. The quantitative estimate of drug-likeness (QED) is 0.675. The minimum Gasteiger partial charge on any atom is -0.425 e. The van der Waals surface area contributed by atoms with Gasteiger partial charge in [0, 0.05) is 17.5 Å². The molecule has 84 valence electrons. The third-order valence-corrected chi connectivity index (χ3v) is 3.36. The van der Waals surface area contributed by atoms with Gasteiger partial charge < -0.3 is 10.2 Å². The zero-order valence-electron chi connectivity index (χ0n) is 8.61. The molecule has 6 heteroatoms. The Balaban J connectivity index is 2.07. The van der Waals surface area contributed by atoms with Crippen LogP contribution in [-0.4, -0.2) is 10.2 Å². The van der Waals surface area contributed by atoms with Gasteiger partial charge in [0.1, 0.15) is 0 Å². The van der Waals surface area contributed by atoms with E-state index in [0.717, 1.165) is 4.90 Å². The second-order valence-corrected chi connectivity index (χ2v) is 4.62. The van der Waals surface area contributed by atoms with Gasteiger partial charge in [-0.1, -0.05) is 11.6 Å². The van der Waals surface area contributed by atoms with Gasteiger partial charge in [0.25, 0.3) is 0 Å². The molecular formula is C10H10ClN3OS. The molecule has 2 rings (SSSR count). The molecule has 0 fully saturated rings. The highest BCUT2D eigenvalue weighted by atomic mass is 35.5. The Bertz CT molecular complexity index is 501. The van der Waals surface area contributed by atoms with Crippen LogP contribution in [0, 0.1) is 6.92 Å². The van der Waals surface area contributed by atoms with Crippen LogP contribution in [0.5, 0.6) is 0 Å². The van der Waals surface area contributed by atoms with Gasteiger partial charge in [-0.25, -0.2) is 0 Å². The van der Waals surface area contributed by atoms with Crippen LogP contribution in [0.3, 0.4) is 0 Å². The highest BCUT2D eigenvalue weighted by Crippen LogP contribution is 2.30. The molecule has 0 unspecified atom stereocenters. The van der Waals surface area contributed by atoms with Crippen molar-refractivity contribution >= 4 is 29.1 Å². The Labute approximate surface area is 102 Å². The van der Waals surface area contributed by atoms with Crippen LogP contribution in [0.4, 0.5) is 5.69 Å². The molecule has 16 heavy (non-hydrogen) atoms. The standard InChI is InChI=1S/C10H10ClN3OS/c1-6-13-14-10(15-6)5-16-9-4-7(12)2-3-8(9)11/h2-4H,5,12H2,1H3. The Kier molecular flexibility index (Phi) is 3.36. The van der Waals surface area contributed by atoms with Crippen molar-refractivity contribution in [3.05, 3.63) is 35.0 Å². The van der Waals surface area contributed by atoms with E-state index in [9.17, 15) is 0 Å². The summed E-state index contributed by atoms with van der Waals surface area (Å²) in [6.45, 7) is 1.76. The molecule has 2 aromatic rings. The maximum atomic E-state index is 6.02. The molecule has 4 nitrogen and oxygen atoms in total. The van der Waals surface area contributed by atoms with E-state index < -0.39 is 0 Å². The lowest BCUT2D eigenvalue weighted by molar-refractivity contribution is 0.485. The van der Waals surface area contributed by atoms with E-state index in [1.807, 2.05) is 6.07 Å². The summed E-state index contributed by atoms with van der Waals surface area (Å²) in [6, 6.07) is 5.37. The van der Waals surface area contributed by atoms with E-state index >= 15 is 0 Å². The minimum absolute atomic E-state index is 0.564. The lowest BCUT2D eigenvalue weighted by atomic mass is 10.3. The fourth-order valence-electron chi connectivity index (χ4n) is 1.17. The van der Waals surface area contributed by atoms with Crippen LogP contribution in [0.25, 0.3) is 0 Å². The molecule has 1 heterocycles. The zero-order chi connectivity index (χ0) is 11.5. The zero-order valence-corrected chi connectivity index (χ0v) is 10.2. The normalized spacial score (nSPS) is 10.6. The van der Waals surface area contributed by atoms with E-state index in [-0.39, 0.29) is 0 Å². The first-order chi connectivity index (χ1) is 7.65. The van der Waals surface area contributed by atoms with Crippen LogP contribution in [0.15, 0.2) is 27.5 Å². The summed E-state index contributed by atoms with van der Waals surface area (Å²) in [4.78, 5) is 0.914. The number of nitrogens with zero attached hydrogens (tertiary/aromatic N) is 2. The Morgan fingerprint density at radius 1 is 1.44 bits per heavy atom. The van der Waals surface area contributed by atoms with Crippen LogP contribution in [0.2, 0.25) is 5.02 Å². The first-order valence-corrected chi connectivity index (χ1v) is 5.98. The molecule has 0 amide bonds. The topological polar surface area (TPSA) is 64.9 Å². The lowest BCUT2D eigenvalue weighted by Gasteiger charge is -2.02. The molecule has 1 aromatic carbocycles. The van der Waals surface area contributed by atoms with Crippen LogP contribution >= 0.6 is 23.4 Å². The number of rotatable bonds is 3. The number of aromatic nitrogens is 2. The monoisotopic (exact) mass is 255 g/mol. The molecule has 2 N–H and O–H groups in total. The fraction of sp³-hybridized carbons (Fsp3) is 0.200. The number of halogens is 1. The molecule has 0 bridgehead atoms. The number of nitrogen functional groups attached to an aromatic ring is 1. The number of nitrogens with two attached hydrogens (primary N) is 1. The first kappa shape index (κ1) is 11.3. The molecular weight excluding hydrogens is 246 g/mol. The number of benzene rings is 1. The Morgan fingerprint density at radius 2 is 2.25 bits per heavy atom. The lowest BCUT2D eigenvalue weighted by Crippen LogP contribution is -1.86. The van der Waals surface area contributed by atoms with Gasteiger partial charge in [-0.05, 0) is 18.2 Å². The molecule has 0 spiro atoms. The third kappa shape index (κ3) is 2.68. The van der Waals surface area contributed by atoms with E-state index in [2.05, 4.69) is 10.2 Å². The van der Waals surface area contributed by atoms with Crippen molar-refractivity contribution in [1.82, 2.24) is 10.2 Å². The highest BCUT2D eigenvalue weighted by molar-refractivity contribution is 7.98. The summed E-state index contributed by atoms with van der Waals surface area (Å²) in [5.74, 6) is 1.74. The molecule has 0 aliphatic carbocycles. The van der Waals surface area contributed by atoms with Crippen LogP contribution in [-0.2, 0) is 5.75 Å². The van der Waals surface area contributed by atoms with Crippen molar-refractivity contribution in [2.24, 2.45) is 0 Å². The summed E-state index contributed by atoms with van der Waals surface area (Å²) in [7, 11) is 0. The maximum Gasteiger partial charge on any atom is 0.226 e. The van der Waals surface area contributed by atoms with Crippen molar-refractivity contribution in [3.63, 3.8) is 0 Å². The van der Waals surface area contributed by atoms with Gasteiger partial charge >= 0.3 is 0 Å². The van der Waals surface area contributed by atoms with Crippen molar-refractivity contribution in [1.29, 1.82) is 0 Å². The maximum absolute atomic E-state index is 6.02. The number of aryl methyl sites for hydroxylation is 1. The van der Waals surface area contributed by atoms with Gasteiger partial charge in [-0.15, -0.1) is 22.0 Å². The third-order valence-electron chi connectivity index (χ3n) is 1.87. The molecule has 0 saturated heterocycles. The van der Waals surface area contributed by atoms with Gasteiger partial charge in [-0.2, -0.15) is 0 Å². The minimum atomic E-state index is 0.564. The number of anilines is 1. The summed E-state index contributed by atoms with van der Waals surface area (Å²) in [5.41, 5.74) is 6.37. The molecule has 0 atom stereocenters. The first-order valence-electron chi connectivity index (χ1n) is 4.62. The van der Waals surface area contributed by atoms with Crippen molar-refractivity contribution in [3.8, 4) is 0 Å². The molecule has 1 aromatic heterocycles. The fourth-order valence-corrected chi connectivity index (χ4v) is 2.27. The second kappa shape index (κ2) is 4.76. The molecule has 0 aliphatic heterocycles. The SMILES string of the molecule is Cc1nnc(CSc2cc(N)ccc2Cl)o1. The van der Waals surface area contributed by atoms with E-state index in [1.54, 1.807) is 19.1 Å². The molecule has 0 radical (unpaired) electrons. The molecule has 0 aliphatic rings. The summed E-state index contributed by atoms with van der Waals surface area (Å²) in [6.07, 6.45) is 0. The predicted molar refractivity (Wildman–Crippen MR) is 64.5 cm³/mol. The van der Waals surface area contributed by atoms with E-state index in [1.165, 1.54) is 11.8 Å². The van der Waals surface area contributed by atoms with E-state index in [4.69, 9.17) is 21.8 Å². The Morgan fingerprint density at radius 3 is 2.94 bits per heavy atom.